The Morgan fingerprint density at radius 3 is 2.62 bits per heavy atom. The van der Waals surface area contributed by atoms with Gasteiger partial charge in [-0.05, 0) is 36.4 Å². The Morgan fingerprint density at radius 2 is 1.95 bits per heavy atom. The van der Waals surface area contributed by atoms with E-state index in [0.717, 1.165) is 4.47 Å². The van der Waals surface area contributed by atoms with Crippen LogP contribution >= 0.6 is 28.1 Å². The maximum Gasteiger partial charge on any atom is 0.262 e. The van der Waals surface area contributed by atoms with Crippen LogP contribution < -0.4 is 15.8 Å². The highest BCUT2D eigenvalue weighted by Gasteiger charge is 2.05. The SMILES string of the molecule is NC(=S)c1cccc(NC(=O)COc2ccc(Br)cc2)c1. The second-order valence-electron chi connectivity index (χ2n) is 4.24. The molecule has 2 rings (SSSR count). The summed E-state index contributed by atoms with van der Waals surface area (Å²) in [6.45, 7) is -0.0705. The van der Waals surface area contributed by atoms with Gasteiger partial charge in [0.2, 0.25) is 0 Å². The highest BCUT2D eigenvalue weighted by Crippen LogP contribution is 2.16. The zero-order valence-electron chi connectivity index (χ0n) is 11.0. The summed E-state index contributed by atoms with van der Waals surface area (Å²) in [5.74, 6) is 0.378. The first-order valence-corrected chi connectivity index (χ1v) is 7.33. The van der Waals surface area contributed by atoms with Gasteiger partial charge in [-0.1, -0.05) is 40.3 Å². The van der Waals surface area contributed by atoms with E-state index in [1.165, 1.54) is 0 Å². The van der Waals surface area contributed by atoms with Gasteiger partial charge in [0.25, 0.3) is 5.91 Å². The van der Waals surface area contributed by atoms with Crippen LogP contribution in [-0.4, -0.2) is 17.5 Å². The maximum atomic E-state index is 11.8. The standard InChI is InChI=1S/C15H13BrN2O2S/c16-11-4-6-13(7-5-11)20-9-14(19)18-12-3-1-2-10(8-12)15(17)21/h1-8H,9H2,(H2,17,21)(H,18,19). The fourth-order valence-electron chi connectivity index (χ4n) is 1.63. The van der Waals surface area contributed by atoms with Crippen LogP contribution in [0.25, 0.3) is 0 Å². The number of ether oxygens (including phenoxy) is 1. The van der Waals surface area contributed by atoms with Crippen LogP contribution in [0.1, 0.15) is 5.56 Å². The van der Waals surface area contributed by atoms with Crippen molar-refractivity contribution in [1.29, 1.82) is 0 Å². The highest BCUT2D eigenvalue weighted by molar-refractivity contribution is 9.10. The molecule has 3 N–H and O–H groups in total. The molecule has 0 aromatic heterocycles. The smallest absolute Gasteiger partial charge is 0.262 e. The van der Waals surface area contributed by atoms with Gasteiger partial charge in [0.15, 0.2) is 6.61 Å². The number of amides is 1. The summed E-state index contributed by atoms with van der Waals surface area (Å²) in [4.78, 5) is 12.1. The monoisotopic (exact) mass is 364 g/mol. The van der Waals surface area contributed by atoms with E-state index in [2.05, 4.69) is 21.2 Å². The summed E-state index contributed by atoms with van der Waals surface area (Å²) in [7, 11) is 0. The predicted octanol–water partition coefficient (Wildman–Crippen LogP) is 3.10. The first-order chi connectivity index (χ1) is 10.0. The Kier molecular flexibility index (Phi) is 5.30. The van der Waals surface area contributed by atoms with Gasteiger partial charge < -0.3 is 15.8 Å². The van der Waals surface area contributed by atoms with Crippen molar-refractivity contribution < 1.29 is 9.53 Å². The largest absolute Gasteiger partial charge is 0.484 e. The van der Waals surface area contributed by atoms with Crippen LogP contribution in [0.4, 0.5) is 5.69 Å². The van der Waals surface area contributed by atoms with Crippen molar-refractivity contribution in [1.82, 2.24) is 0 Å². The van der Waals surface area contributed by atoms with Gasteiger partial charge in [-0.2, -0.15) is 0 Å². The molecule has 0 aliphatic rings. The normalized spacial score (nSPS) is 9.95. The fourth-order valence-corrected chi connectivity index (χ4v) is 2.02. The summed E-state index contributed by atoms with van der Waals surface area (Å²) >= 11 is 8.23. The van der Waals surface area contributed by atoms with Crippen molar-refractivity contribution in [3.8, 4) is 5.75 Å². The Labute approximate surface area is 136 Å². The third-order valence-electron chi connectivity index (χ3n) is 2.61. The molecular formula is C15H13BrN2O2S. The Morgan fingerprint density at radius 1 is 1.24 bits per heavy atom. The number of hydrogen-bond acceptors (Lipinski definition) is 3. The molecule has 2 aromatic rings. The van der Waals surface area contributed by atoms with Gasteiger partial charge in [0, 0.05) is 15.7 Å². The second kappa shape index (κ2) is 7.19. The average molecular weight is 365 g/mol. The van der Waals surface area contributed by atoms with Crippen LogP contribution in [0.5, 0.6) is 5.75 Å². The van der Waals surface area contributed by atoms with Crippen molar-refractivity contribution in [2.45, 2.75) is 0 Å². The van der Waals surface area contributed by atoms with Crippen LogP contribution in [0.3, 0.4) is 0 Å². The summed E-state index contributed by atoms with van der Waals surface area (Å²) in [5.41, 5.74) is 6.89. The lowest BCUT2D eigenvalue weighted by atomic mass is 10.2. The van der Waals surface area contributed by atoms with Crippen LogP contribution in [-0.2, 0) is 4.79 Å². The van der Waals surface area contributed by atoms with Gasteiger partial charge >= 0.3 is 0 Å². The van der Waals surface area contributed by atoms with Gasteiger partial charge in [-0.3, -0.25) is 4.79 Å². The van der Waals surface area contributed by atoms with Crippen molar-refractivity contribution in [2.24, 2.45) is 5.73 Å². The molecule has 4 nitrogen and oxygen atoms in total. The summed E-state index contributed by atoms with van der Waals surface area (Å²) in [6, 6.07) is 14.3. The maximum absolute atomic E-state index is 11.8. The molecule has 0 spiro atoms. The quantitative estimate of drug-likeness (QED) is 0.800. The van der Waals surface area contributed by atoms with Gasteiger partial charge in [-0.25, -0.2) is 0 Å². The molecule has 0 atom stereocenters. The number of carbonyl (C=O) groups excluding carboxylic acids is 1. The molecule has 0 bridgehead atoms. The minimum Gasteiger partial charge on any atom is -0.484 e. The molecule has 0 fully saturated rings. The highest BCUT2D eigenvalue weighted by atomic mass is 79.9. The molecule has 6 heteroatoms. The van der Waals surface area contributed by atoms with Crippen molar-refractivity contribution in [2.75, 3.05) is 11.9 Å². The van der Waals surface area contributed by atoms with E-state index in [1.807, 2.05) is 12.1 Å². The van der Waals surface area contributed by atoms with Gasteiger partial charge in [0.1, 0.15) is 10.7 Å². The molecule has 0 unspecified atom stereocenters. The Bertz CT molecular complexity index is 659. The van der Waals surface area contributed by atoms with Gasteiger partial charge in [0.05, 0.1) is 0 Å². The summed E-state index contributed by atoms with van der Waals surface area (Å²) < 4.78 is 6.34. The molecule has 0 aliphatic heterocycles. The number of rotatable bonds is 5. The predicted molar refractivity (Wildman–Crippen MR) is 90.6 cm³/mol. The molecule has 21 heavy (non-hydrogen) atoms. The number of halogens is 1. The number of nitrogens with one attached hydrogen (secondary N) is 1. The molecule has 0 aliphatic carbocycles. The molecule has 0 saturated carbocycles. The summed E-state index contributed by atoms with van der Waals surface area (Å²) in [5, 5.41) is 2.73. The minimum absolute atomic E-state index is 0.0705. The van der Waals surface area contributed by atoms with Gasteiger partial charge in [-0.15, -0.1) is 0 Å². The number of thiocarbonyl (C=S) groups is 1. The molecule has 0 heterocycles. The Hall–Kier alpha value is -1.92. The number of benzene rings is 2. The Balaban J connectivity index is 1.91. The molecule has 108 valence electrons. The zero-order chi connectivity index (χ0) is 15.2. The first-order valence-electron chi connectivity index (χ1n) is 6.12. The van der Waals surface area contributed by atoms with Crippen molar-refractivity contribution >= 4 is 44.7 Å². The number of carbonyl (C=O) groups is 1. The molecule has 2 aromatic carbocycles. The summed E-state index contributed by atoms with van der Waals surface area (Å²) in [6.07, 6.45) is 0. The third-order valence-corrected chi connectivity index (χ3v) is 3.38. The number of nitrogens with two attached hydrogens (primary N) is 1. The van der Waals surface area contributed by atoms with E-state index >= 15 is 0 Å². The lowest BCUT2D eigenvalue weighted by Crippen LogP contribution is -2.20. The first kappa shape index (κ1) is 15.5. The van der Waals surface area contributed by atoms with Crippen LogP contribution in [0, 0.1) is 0 Å². The van der Waals surface area contributed by atoms with E-state index in [-0.39, 0.29) is 17.5 Å². The van der Waals surface area contributed by atoms with Crippen LogP contribution in [0.15, 0.2) is 53.0 Å². The third kappa shape index (κ3) is 4.84. The van der Waals surface area contributed by atoms with E-state index < -0.39 is 0 Å². The molecule has 0 saturated heterocycles. The lowest BCUT2D eigenvalue weighted by Gasteiger charge is -2.08. The fraction of sp³-hybridized carbons (Fsp3) is 0.0667. The number of anilines is 1. The van der Waals surface area contributed by atoms with E-state index in [4.69, 9.17) is 22.7 Å². The van der Waals surface area contributed by atoms with Crippen LogP contribution in [0.2, 0.25) is 0 Å². The van der Waals surface area contributed by atoms with Crippen molar-refractivity contribution in [3.05, 3.63) is 58.6 Å². The second-order valence-corrected chi connectivity index (χ2v) is 5.59. The minimum atomic E-state index is -0.252. The average Bonchev–Trinajstić information content (AvgIpc) is 2.47. The van der Waals surface area contributed by atoms with E-state index in [9.17, 15) is 4.79 Å². The molecular weight excluding hydrogens is 352 g/mol. The number of hydrogen-bond donors (Lipinski definition) is 2. The van der Waals surface area contributed by atoms with E-state index in [0.29, 0.717) is 17.0 Å². The topological polar surface area (TPSA) is 64.3 Å². The van der Waals surface area contributed by atoms with Crippen molar-refractivity contribution in [3.63, 3.8) is 0 Å². The zero-order valence-corrected chi connectivity index (χ0v) is 13.4. The lowest BCUT2D eigenvalue weighted by molar-refractivity contribution is -0.118. The molecule has 0 radical (unpaired) electrons. The van der Waals surface area contributed by atoms with E-state index in [1.54, 1.807) is 36.4 Å². The molecule has 1 amide bonds.